The Morgan fingerprint density at radius 2 is 2.10 bits per heavy atom. The predicted octanol–water partition coefficient (Wildman–Crippen LogP) is 1.80. The molecular formula is C15H19N3O2. The van der Waals surface area contributed by atoms with Crippen LogP contribution in [-0.4, -0.2) is 28.8 Å². The lowest BCUT2D eigenvalue weighted by Crippen LogP contribution is -2.36. The number of hydrogen-bond donors (Lipinski definition) is 3. The number of carbonyl (C=O) groups is 1. The van der Waals surface area contributed by atoms with Crippen LogP contribution in [0.2, 0.25) is 0 Å². The summed E-state index contributed by atoms with van der Waals surface area (Å²) in [5.41, 5.74) is 1.88. The number of benzene rings is 1. The minimum absolute atomic E-state index is 0.237. The Morgan fingerprint density at radius 3 is 2.90 bits per heavy atom. The van der Waals surface area contributed by atoms with Gasteiger partial charge in [-0.15, -0.1) is 0 Å². The normalized spacial score (nSPS) is 12.1. The first-order chi connectivity index (χ1) is 9.66. The van der Waals surface area contributed by atoms with Gasteiger partial charge in [-0.1, -0.05) is 24.3 Å². The van der Waals surface area contributed by atoms with Gasteiger partial charge in [-0.3, -0.25) is 4.98 Å². The van der Waals surface area contributed by atoms with Crippen LogP contribution in [0.15, 0.2) is 36.5 Å². The highest BCUT2D eigenvalue weighted by Crippen LogP contribution is 2.15. The molecule has 0 saturated heterocycles. The molecule has 1 aromatic heterocycles. The fraction of sp³-hybridized carbons (Fsp3) is 0.333. The van der Waals surface area contributed by atoms with Crippen molar-refractivity contribution in [1.29, 1.82) is 0 Å². The topological polar surface area (TPSA) is 74.2 Å². The summed E-state index contributed by atoms with van der Waals surface area (Å²) in [6.07, 6.45) is 1.88. The van der Waals surface area contributed by atoms with Crippen LogP contribution in [0.1, 0.15) is 18.9 Å². The van der Waals surface area contributed by atoms with Crippen LogP contribution in [0, 0.1) is 0 Å². The minimum atomic E-state index is -0.405. The van der Waals surface area contributed by atoms with E-state index >= 15 is 0 Å². The molecule has 0 fully saturated rings. The number of fused-ring (bicyclic) bond motifs is 1. The third-order valence-electron chi connectivity index (χ3n) is 3.00. The standard InChI is InChI=1S/C15H19N3O2/c1-11(19)7-9-17-15(20)18-10-13-5-2-4-12-6-3-8-16-14(12)13/h2-6,8,11,19H,7,9-10H2,1H3,(H2,17,18,20). The third-order valence-corrected chi connectivity index (χ3v) is 3.00. The summed E-state index contributed by atoms with van der Waals surface area (Å²) < 4.78 is 0. The van der Waals surface area contributed by atoms with Gasteiger partial charge in [0.25, 0.3) is 0 Å². The van der Waals surface area contributed by atoms with Crippen molar-refractivity contribution in [3.63, 3.8) is 0 Å². The van der Waals surface area contributed by atoms with Gasteiger partial charge in [0.15, 0.2) is 0 Å². The zero-order valence-electron chi connectivity index (χ0n) is 11.5. The van der Waals surface area contributed by atoms with Crippen LogP contribution >= 0.6 is 0 Å². The van der Waals surface area contributed by atoms with Gasteiger partial charge in [-0.05, 0) is 25.0 Å². The fourth-order valence-corrected chi connectivity index (χ4v) is 1.94. The van der Waals surface area contributed by atoms with Crippen molar-refractivity contribution < 1.29 is 9.90 Å². The molecule has 2 amide bonds. The first kappa shape index (κ1) is 14.3. The summed E-state index contributed by atoms with van der Waals surface area (Å²) in [5, 5.41) is 15.7. The number of aliphatic hydroxyl groups excluding tert-OH is 1. The molecule has 0 bridgehead atoms. The molecule has 1 heterocycles. The summed E-state index contributed by atoms with van der Waals surface area (Å²) in [6, 6.07) is 9.54. The number of para-hydroxylation sites is 1. The van der Waals surface area contributed by atoms with E-state index < -0.39 is 6.10 Å². The van der Waals surface area contributed by atoms with E-state index in [1.165, 1.54) is 0 Å². The Kier molecular flexibility index (Phi) is 4.90. The molecule has 1 unspecified atom stereocenters. The van der Waals surface area contributed by atoms with Gasteiger partial charge in [0, 0.05) is 24.7 Å². The van der Waals surface area contributed by atoms with Gasteiger partial charge in [0.05, 0.1) is 11.6 Å². The van der Waals surface area contributed by atoms with Crippen LogP contribution in [0.3, 0.4) is 0 Å². The van der Waals surface area contributed by atoms with Crippen molar-refractivity contribution in [3.05, 3.63) is 42.1 Å². The molecule has 106 valence electrons. The maximum atomic E-state index is 11.6. The second-order valence-corrected chi connectivity index (χ2v) is 4.74. The Bertz CT molecular complexity index is 579. The van der Waals surface area contributed by atoms with Gasteiger partial charge >= 0.3 is 6.03 Å². The van der Waals surface area contributed by atoms with Crippen LogP contribution in [-0.2, 0) is 6.54 Å². The number of nitrogens with zero attached hydrogens (tertiary/aromatic N) is 1. The molecule has 0 aliphatic carbocycles. The van der Waals surface area contributed by atoms with E-state index in [1.807, 2.05) is 30.3 Å². The first-order valence-corrected chi connectivity index (χ1v) is 6.69. The van der Waals surface area contributed by atoms with Crippen LogP contribution in [0.5, 0.6) is 0 Å². The summed E-state index contributed by atoms with van der Waals surface area (Å²) >= 11 is 0. The first-order valence-electron chi connectivity index (χ1n) is 6.69. The summed E-state index contributed by atoms with van der Waals surface area (Å²) in [4.78, 5) is 15.9. The number of carbonyl (C=O) groups excluding carboxylic acids is 1. The zero-order chi connectivity index (χ0) is 14.4. The Hall–Kier alpha value is -2.14. The molecule has 0 aliphatic rings. The Labute approximate surface area is 118 Å². The average Bonchev–Trinajstić information content (AvgIpc) is 2.44. The number of aromatic nitrogens is 1. The molecule has 0 radical (unpaired) electrons. The number of urea groups is 1. The molecule has 1 aromatic carbocycles. The van der Waals surface area contributed by atoms with Gasteiger partial charge in [-0.2, -0.15) is 0 Å². The molecule has 2 aromatic rings. The number of hydrogen-bond acceptors (Lipinski definition) is 3. The van der Waals surface area contributed by atoms with Crippen molar-refractivity contribution in [1.82, 2.24) is 15.6 Å². The van der Waals surface area contributed by atoms with Crippen LogP contribution in [0.25, 0.3) is 10.9 Å². The van der Waals surface area contributed by atoms with Gasteiger partial charge in [-0.25, -0.2) is 4.79 Å². The summed E-state index contributed by atoms with van der Waals surface area (Å²) in [7, 11) is 0. The summed E-state index contributed by atoms with van der Waals surface area (Å²) in [5.74, 6) is 0. The van der Waals surface area contributed by atoms with Crippen LogP contribution < -0.4 is 10.6 Å². The number of pyridine rings is 1. The molecule has 2 rings (SSSR count). The van der Waals surface area contributed by atoms with E-state index in [4.69, 9.17) is 5.11 Å². The van der Waals surface area contributed by atoms with E-state index in [0.29, 0.717) is 19.5 Å². The molecule has 5 heteroatoms. The van der Waals surface area contributed by atoms with Gasteiger partial charge < -0.3 is 15.7 Å². The molecule has 20 heavy (non-hydrogen) atoms. The monoisotopic (exact) mass is 273 g/mol. The van der Waals surface area contributed by atoms with Crippen LogP contribution in [0.4, 0.5) is 4.79 Å². The lowest BCUT2D eigenvalue weighted by molar-refractivity contribution is 0.183. The van der Waals surface area contributed by atoms with E-state index in [-0.39, 0.29) is 6.03 Å². The SMILES string of the molecule is CC(O)CCNC(=O)NCc1cccc2cccnc12. The van der Waals surface area contributed by atoms with Crippen molar-refractivity contribution >= 4 is 16.9 Å². The number of nitrogens with one attached hydrogen (secondary N) is 2. The van der Waals surface area contributed by atoms with E-state index in [1.54, 1.807) is 13.1 Å². The second-order valence-electron chi connectivity index (χ2n) is 4.74. The highest BCUT2D eigenvalue weighted by molar-refractivity contribution is 5.82. The number of rotatable bonds is 5. The highest BCUT2D eigenvalue weighted by atomic mass is 16.3. The van der Waals surface area contributed by atoms with Crippen molar-refractivity contribution in [3.8, 4) is 0 Å². The Balaban J connectivity index is 1.91. The maximum Gasteiger partial charge on any atom is 0.315 e. The Morgan fingerprint density at radius 1 is 1.30 bits per heavy atom. The molecule has 5 nitrogen and oxygen atoms in total. The molecule has 1 atom stereocenters. The van der Waals surface area contributed by atoms with E-state index in [2.05, 4.69) is 15.6 Å². The lowest BCUT2D eigenvalue weighted by atomic mass is 10.1. The van der Waals surface area contributed by atoms with E-state index in [9.17, 15) is 4.79 Å². The zero-order valence-corrected chi connectivity index (χ0v) is 11.5. The minimum Gasteiger partial charge on any atom is -0.393 e. The average molecular weight is 273 g/mol. The van der Waals surface area contributed by atoms with Gasteiger partial charge in [0.1, 0.15) is 0 Å². The van der Waals surface area contributed by atoms with Crippen molar-refractivity contribution in [2.75, 3.05) is 6.54 Å². The molecule has 0 spiro atoms. The summed E-state index contributed by atoms with van der Waals surface area (Å²) in [6.45, 7) is 2.58. The van der Waals surface area contributed by atoms with Crippen molar-refractivity contribution in [2.45, 2.75) is 26.0 Å². The molecular weight excluding hydrogens is 254 g/mol. The maximum absolute atomic E-state index is 11.6. The lowest BCUT2D eigenvalue weighted by Gasteiger charge is -2.10. The molecule has 0 aliphatic heterocycles. The highest BCUT2D eigenvalue weighted by Gasteiger charge is 2.04. The predicted molar refractivity (Wildman–Crippen MR) is 78.3 cm³/mol. The fourth-order valence-electron chi connectivity index (χ4n) is 1.94. The quantitative estimate of drug-likeness (QED) is 0.777. The number of amides is 2. The smallest absolute Gasteiger partial charge is 0.315 e. The van der Waals surface area contributed by atoms with Gasteiger partial charge in [0.2, 0.25) is 0 Å². The second kappa shape index (κ2) is 6.86. The third kappa shape index (κ3) is 3.93. The number of aliphatic hydroxyl groups is 1. The molecule has 0 saturated carbocycles. The van der Waals surface area contributed by atoms with Crippen molar-refractivity contribution in [2.24, 2.45) is 0 Å². The molecule has 3 N–H and O–H groups in total. The van der Waals surface area contributed by atoms with E-state index in [0.717, 1.165) is 16.5 Å². The largest absolute Gasteiger partial charge is 0.393 e.